The lowest BCUT2D eigenvalue weighted by Crippen LogP contribution is -2.34. The Morgan fingerprint density at radius 3 is 2.84 bits per heavy atom. The van der Waals surface area contributed by atoms with Gasteiger partial charge in [0.1, 0.15) is 11.6 Å². The third-order valence-electron chi connectivity index (χ3n) is 4.73. The number of aromatic nitrogens is 2. The van der Waals surface area contributed by atoms with Crippen molar-refractivity contribution in [2.45, 2.75) is 37.8 Å². The molecule has 0 bridgehead atoms. The molecule has 130 valence electrons. The topological polar surface area (TPSA) is 80.9 Å². The van der Waals surface area contributed by atoms with E-state index >= 15 is 0 Å². The molecule has 2 aromatic rings. The van der Waals surface area contributed by atoms with Crippen LogP contribution in [0.3, 0.4) is 0 Å². The molecule has 3 heterocycles. The first-order valence-electron chi connectivity index (χ1n) is 8.18. The average Bonchev–Trinajstić information content (AvgIpc) is 3.05. The summed E-state index contributed by atoms with van der Waals surface area (Å²) in [4.78, 5) is 23.2. The Kier molecular flexibility index (Phi) is 3.88. The van der Waals surface area contributed by atoms with Gasteiger partial charge in [0.15, 0.2) is 10.9 Å². The molecule has 25 heavy (non-hydrogen) atoms. The zero-order valence-corrected chi connectivity index (χ0v) is 16.1. The van der Waals surface area contributed by atoms with Gasteiger partial charge in [-0.15, -0.1) is 11.3 Å². The van der Waals surface area contributed by atoms with Crippen LogP contribution in [0.25, 0.3) is 0 Å². The van der Waals surface area contributed by atoms with Crippen molar-refractivity contribution in [3.05, 3.63) is 39.2 Å². The number of fused-ring (bicyclic) bond motifs is 1. The van der Waals surface area contributed by atoms with Crippen molar-refractivity contribution in [2.75, 3.05) is 17.3 Å². The maximum Gasteiger partial charge on any atom is 0.191 e. The summed E-state index contributed by atoms with van der Waals surface area (Å²) in [5.74, 6) is 1.20. The summed E-state index contributed by atoms with van der Waals surface area (Å²) in [7, 11) is 0. The minimum Gasteiger partial charge on any atom is -0.383 e. The lowest BCUT2D eigenvalue weighted by atomic mass is 9.70. The first kappa shape index (κ1) is 16.6. The summed E-state index contributed by atoms with van der Waals surface area (Å²) < 4.78 is 0. The zero-order chi connectivity index (χ0) is 17.8. The van der Waals surface area contributed by atoms with E-state index in [1.165, 1.54) is 11.8 Å². The molecule has 7 heteroatoms. The zero-order valence-electron chi connectivity index (χ0n) is 14.4. The van der Waals surface area contributed by atoms with Crippen LogP contribution in [0.1, 0.15) is 43.0 Å². The van der Waals surface area contributed by atoms with Crippen molar-refractivity contribution in [1.29, 1.82) is 0 Å². The van der Waals surface area contributed by atoms with Crippen molar-refractivity contribution in [1.82, 2.24) is 9.97 Å². The molecule has 0 aromatic carbocycles. The molecule has 0 fully saturated rings. The van der Waals surface area contributed by atoms with E-state index in [9.17, 15) is 4.79 Å². The fraction of sp³-hybridized carbons (Fsp3) is 0.389. The van der Waals surface area contributed by atoms with Crippen molar-refractivity contribution >= 4 is 40.5 Å². The second kappa shape index (κ2) is 5.85. The van der Waals surface area contributed by atoms with Crippen LogP contribution >= 0.6 is 23.1 Å². The molecular formula is C18H20N4OS2. The first-order valence-corrected chi connectivity index (χ1v) is 10.3. The number of hydrogen-bond acceptors (Lipinski definition) is 7. The van der Waals surface area contributed by atoms with Gasteiger partial charge in [-0.1, -0.05) is 31.7 Å². The van der Waals surface area contributed by atoms with Crippen molar-refractivity contribution < 1.29 is 4.79 Å². The highest BCUT2D eigenvalue weighted by molar-refractivity contribution is 7.98. The number of allylic oxidation sites excluding steroid dienone is 2. The third-order valence-corrected chi connectivity index (χ3v) is 6.22. The summed E-state index contributed by atoms with van der Waals surface area (Å²) >= 11 is 3.10. The van der Waals surface area contributed by atoms with E-state index in [-0.39, 0.29) is 17.1 Å². The highest BCUT2D eigenvalue weighted by Crippen LogP contribution is 2.50. The number of rotatable bonds is 2. The molecule has 0 saturated heterocycles. The normalized spacial score (nSPS) is 21.6. The molecule has 1 aliphatic heterocycles. The number of nitrogens with zero attached hydrogens (tertiary/aromatic N) is 2. The maximum atomic E-state index is 13.0. The molecule has 0 amide bonds. The van der Waals surface area contributed by atoms with Crippen LogP contribution in [0.5, 0.6) is 0 Å². The molecule has 1 atom stereocenters. The van der Waals surface area contributed by atoms with Gasteiger partial charge in [0.2, 0.25) is 0 Å². The van der Waals surface area contributed by atoms with Gasteiger partial charge in [-0.2, -0.15) is 0 Å². The number of carbonyl (C=O) groups is 1. The number of thioether (sulfide) groups is 1. The smallest absolute Gasteiger partial charge is 0.191 e. The van der Waals surface area contributed by atoms with Crippen LogP contribution in [-0.4, -0.2) is 22.0 Å². The molecule has 0 saturated carbocycles. The molecule has 5 nitrogen and oxygen atoms in total. The van der Waals surface area contributed by atoms with Crippen LogP contribution in [0, 0.1) is 5.41 Å². The van der Waals surface area contributed by atoms with E-state index < -0.39 is 0 Å². The number of ketones is 1. The van der Waals surface area contributed by atoms with E-state index in [1.807, 2.05) is 17.7 Å². The van der Waals surface area contributed by atoms with Crippen molar-refractivity contribution in [3.8, 4) is 0 Å². The number of nitrogens with two attached hydrogens (primary N) is 1. The quantitative estimate of drug-likeness (QED) is 0.612. The molecule has 3 N–H and O–H groups in total. The molecule has 0 unspecified atom stereocenters. The van der Waals surface area contributed by atoms with Gasteiger partial charge in [0.25, 0.3) is 0 Å². The van der Waals surface area contributed by atoms with E-state index in [2.05, 4.69) is 35.2 Å². The number of Topliss-reactive ketones (excluding diaryl/α,β-unsaturated/α-hetero) is 1. The van der Waals surface area contributed by atoms with Gasteiger partial charge in [-0.25, -0.2) is 9.97 Å². The van der Waals surface area contributed by atoms with E-state index in [0.29, 0.717) is 17.4 Å². The molecule has 1 aliphatic carbocycles. The van der Waals surface area contributed by atoms with Gasteiger partial charge in [0, 0.05) is 28.1 Å². The summed E-state index contributed by atoms with van der Waals surface area (Å²) in [6, 6.07) is 4.07. The van der Waals surface area contributed by atoms with Crippen LogP contribution in [-0.2, 0) is 4.79 Å². The predicted molar refractivity (Wildman–Crippen MR) is 103 cm³/mol. The number of anilines is 2. The Labute approximate surface area is 155 Å². The monoisotopic (exact) mass is 372 g/mol. The number of nitrogens with one attached hydrogen (secondary N) is 1. The second-order valence-corrected chi connectivity index (χ2v) is 9.02. The van der Waals surface area contributed by atoms with Gasteiger partial charge in [-0.3, -0.25) is 4.79 Å². The number of hydrogen-bond donors (Lipinski definition) is 2. The SMILES string of the molecule is CSc1nc(N)c2c(n1)NC1=C(C(=O)CC(C)(C)C1)[C@@H]2c1cccs1. The van der Waals surface area contributed by atoms with Crippen molar-refractivity contribution in [2.24, 2.45) is 5.41 Å². The Balaban J connectivity index is 1.96. The first-order chi connectivity index (χ1) is 11.9. The van der Waals surface area contributed by atoms with Crippen LogP contribution in [0.4, 0.5) is 11.6 Å². The Hall–Kier alpha value is -1.86. The highest BCUT2D eigenvalue weighted by atomic mass is 32.2. The van der Waals surface area contributed by atoms with E-state index in [4.69, 9.17) is 5.73 Å². The minimum atomic E-state index is -0.175. The standard InChI is InChI=1S/C18H20N4OS2/c1-18(2)7-9-12(10(23)8-18)13(11-5-4-6-25-11)14-15(19)21-17(24-3)22-16(14)20-9/h4-6,13H,7-8H2,1-3H3,(H3,19,20,21,22)/t13-/m0/s1. The predicted octanol–water partition coefficient (Wildman–Crippen LogP) is 4.04. The van der Waals surface area contributed by atoms with Crippen LogP contribution in [0.15, 0.2) is 33.9 Å². The molecule has 4 rings (SSSR count). The number of thiophene rings is 1. The van der Waals surface area contributed by atoms with Crippen LogP contribution in [0.2, 0.25) is 0 Å². The fourth-order valence-electron chi connectivity index (χ4n) is 3.75. The van der Waals surface area contributed by atoms with Gasteiger partial charge >= 0.3 is 0 Å². The fourth-order valence-corrected chi connectivity index (χ4v) is 4.96. The molecular weight excluding hydrogens is 352 g/mol. The molecule has 2 aromatic heterocycles. The third kappa shape index (κ3) is 2.75. The molecule has 0 spiro atoms. The summed E-state index contributed by atoms with van der Waals surface area (Å²) in [5.41, 5.74) is 8.89. The van der Waals surface area contributed by atoms with Gasteiger partial charge in [-0.05, 0) is 29.5 Å². The largest absolute Gasteiger partial charge is 0.383 e. The number of carbonyl (C=O) groups excluding carboxylic acids is 1. The summed E-state index contributed by atoms with van der Waals surface area (Å²) in [5, 5.41) is 6.08. The second-order valence-electron chi connectivity index (χ2n) is 7.26. The van der Waals surface area contributed by atoms with E-state index in [0.717, 1.165) is 33.9 Å². The Morgan fingerprint density at radius 2 is 2.16 bits per heavy atom. The molecule has 2 aliphatic rings. The lowest BCUT2D eigenvalue weighted by molar-refractivity contribution is -0.118. The summed E-state index contributed by atoms with van der Waals surface area (Å²) in [6.45, 7) is 4.27. The highest BCUT2D eigenvalue weighted by Gasteiger charge is 2.42. The lowest BCUT2D eigenvalue weighted by Gasteiger charge is -2.38. The van der Waals surface area contributed by atoms with Crippen molar-refractivity contribution in [3.63, 3.8) is 0 Å². The summed E-state index contributed by atoms with van der Waals surface area (Å²) in [6.07, 6.45) is 3.31. The number of nitrogen functional groups attached to an aromatic ring is 1. The van der Waals surface area contributed by atoms with Crippen LogP contribution < -0.4 is 11.1 Å². The maximum absolute atomic E-state index is 13.0. The van der Waals surface area contributed by atoms with E-state index in [1.54, 1.807) is 11.3 Å². The Morgan fingerprint density at radius 1 is 1.36 bits per heavy atom. The van der Waals surface area contributed by atoms with Gasteiger partial charge in [0.05, 0.1) is 5.92 Å². The minimum absolute atomic E-state index is 0.0542. The van der Waals surface area contributed by atoms with Gasteiger partial charge < -0.3 is 11.1 Å². The Bertz CT molecular complexity index is 887. The average molecular weight is 373 g/mol. The molecule has 0 radical (unpaired) electrons.